The molecule has 0 saturated heterocycles. The Kier molecular flexibility index (Phi) is 4.32. The SMILES string of the molecule is Nc1cc(I)ccc1NCC1CCCCC1. The average molecular weight is 330 g/mol. The summed E-state index contributed by atoms with van der Waals surface area (Å²) < 4.78 is 1.19. The molecular formula is C13H19IN2. The molecule has 1 saturated carbocycles. The van der Waals surface area contributed by atoms with E-state index in [1.54, 1.807) is 0 Å². The largest absolute Gasteiger partial charge is 0.397 e. The van der Waals surface area contributed by atoms with Gasteiger partial charge in [-0.15, -0.1) is 0 Å². The summed E-state index contributed by atoms with van der Waals surface area (Å²) >= 11 is 2.29. The highest BCUT2D eigenvalue weighted by molar-refractivity contribution is 14.1. The zero-order valence-corrected chi connectivity index (χ0v) is 11.7. The third kappa shape index (κ3) is 3.27. The number of rotatable bonds is 3. The minimum atomic E-state index is 0.840. The maximum atomic E-state index is 5.97. The summed E-state index contributed by atoms with van der Waals surface area (Å²) in [4.78, 5) is 0. The molecule has 1 aliphatic rings. The first kappa shape index (κ1) is 12.0. The Bertz CT molecular complexity index is 346. The zero-order valence-electron chi connectivity index (χ0n) is 9.51. The maximum Gasteiger partial charge on any atom is 0.0574 e. The van der Waals surface area contributed by atoms with E-state index in [1.807, 2.05) is 6.07 Å². The highest BCUT2D eigenvalue weighted by Gasteiger charge is 2.13. The molecule has 3 heteroatoms. The van der Waals surface area contributed by atoms with E-state index in [9.17, 15) is 0 Å². The van der Waals surface area contributed by atoms with E-state index in [1.165, 1.54) is 35.7 Å². The van der Waals surface area contributed by atoms with Gasteiger partial charge in [0.2, 0.25) is 0 Å². The second kappa shape index (κ2) is 5.75. The first-order valence-electron chi connectivity index (χ1n) is 6.04. The minimum Gasteiger partial charge on any atom is -0.397 e. The molecule has 1 aromatic rings. The lowest BCUT2D eigenvalue weighted by atomic mass is 9.89. The zero-order chi connectivity index (χ0) is 11.4. The molecule has 88 valence electrons. The number of benzene rings is 1. The highest BCUT2D eigenvalue weighted by Crippen LogP contribution is 2.26. The van der Waals surface area contributed by atoms with Crippen LogP contribution in [0.15, 0.2) is 18.2 Å². The van der Waals surface area contributed by atoms with Crippen LogP contribution >= 0.6 is 22.6 Å². The van der Waals surface area contributed by atoms with E-state index in [-0.39, 0.29) is 0 Å². The highest BCUT2D eigenvalue weighted by atomic mass is 127. The van der Waals surface area contributed by atoms with Gasteiger partial charge < -0.3 is 11.1 Å². The average Bonchev–Trinajstić information content (AvgIpc) is 2.29. The van der Waals surface area contributed by atoms with E-state index >= 15 is 0 Å². The number of nitrogens with one attached hydrogen (secondary N) is 1. The molecular weight excluding hydrogens is 311 g/mol. The first-order chi connectivity index (χ1) is 7.75. The van der Waals surface area contributed by atoms with Gasteiger partial charge in [-0.05, 0) is 59.5 Å². The van der Waals surface area contributed by atoms with Crippen molar-refractivity contribution < 1.29 is 0 Å². The van der Waals surface area contributed by atoms with Gasteiger partial charge in [0.05, 0.1) is 11.4 Å². The van der Waals surface area contributed by atoms with Gasteiger partial charge >= 0.3 is 0 Å². The molecule has 0 atom stereocenters. The fourth-order valence-corrected chi connectivity index (χ4v) is 2.86. The number of nitrogens with two attached hydrogens (primary N) is 1. The number of halogens is 1. The summed E-state index contributed by atoms with van der Waals surface area (Å²) in [6.45, 7) is 1.07. The summed E-state index contributed by atoms with van der Waals surface area (Å²) in [5.74, 6) is 0.840. The van der Waals surface area contributed by atoms with Gasteiger partial charge in [-0.25, -0.2) is 0 Å². The molecule has 1 fully saturated rings. The van der Waals surface area contributed by atoms with E-state index in [0.29, 0.717) is 0 Å². The Morgan fingerprint density at radius 2 is 2.00 bits per heavy atom. The predicted octanol–water partition coefficient (Wildman–Crippen LogP) is 3.87. The van der Waals surface area contributed by atoms with Gasteiger partial charge in [0.15, 0.2) is 0 Å². The molecule has 0 spiro atoms. The van der Waals surface area contributed by atoms with Crippen molar-refractivity contribution >= 4 is 34.0 Å². The third-order valence-electron chi connectivity index (χ3n) is 3.32. The Labute approximate surface area is 111 Å². The van der Waals surface area contributed by atoms with Crippen LogP contribution < -0.4 is 11.1 Å². The fraction of sp³-hybridized carbons (Fsp3) is 0.538. The van der Waals surface area contributed by atoms with Gasteiger partial charge in [0, 0.05) is 10.1 Å². The van der Waals surface area contributed by atoms with E-state index in [2.05, 4.69) is 40.0 Å². The monoisotopic (exact) mass is 330 g/mol. The number of nitrogen functional groups attached to an aromatic ring is 1. The Balaban J connectivity index is 1.88. The lowest BCUT2D eigenvalue weighted by Gasteiger charge is -2.22. The van der Waals surface area contributed by atoms with Crippen LogP contribution in [0.3, 0.4) is 0 Å². The van der Waals surface area contributed by atoms with E-state index in [4.69, 9.17) is 5.73 Å². The maximum absolute atomic E-state index is 5.97. The minimum absolute atomic E-state index is 0.840. The van der Waals surface area contributed by atoms with Crippen molar-refractivity contribution in [2.45, 2.75) is 32.1 Å². The third-order valence-corrected chi connectivity index (χ3v) is 3.99. The molecule has 3 N–H and O–H groups in total. The predicted molar refractivity (Wildman–Crippen MR) is 78.6 cm³/mol. The number of anilines is 2. The molecule has 0 bridgehead atoms. The topological polar surface area (TPSA) is 38.0 Å². The van der Waals surface area contributed by atoms with Gasteiger partial charge in [0.25, 0.3) is 0 Å². The molecule has 2 nitrogen and oxygen atoms in total. The summed E-state index contributed by atoms with van der Waals surface area (Å²) in [5, 5.41) is 3.48. The molecule has 0 aliphatic heterocycles. The van der Waals surface area contributed by atoms with Crippen LogP contribution in [-0.2, 0) is 0 Å². The van der Waals surface area contributed by atoms with Gasteiger partial charge in [-0.1, -0.05) is 19.3 Å². The summed E-state index contributed by atoms with van der Waals surface area (Å²) in [6.07, 6.45) is 6.96. The second-order valence-electron chi connectivity index (χ2n) is 4.62. The van der Waals surface area contributed by atoms with Crippen molar-refractivity contribution in [1.82, 2.24) is 0 Å². The number of hydrogen-bond acceptors (Lipinski definition) is 2. The fourth-order valence-electron chi connectivity index (χ4n) is 2.34. The molecule has 0 aromatic heterocycles. The number of hydrogen-bond donors (Lipinski definition) is 2. The molecule has 0 radical (unpaired) electrons. The van der Waals surface area contributed by atoms with E-state index in [0.717, 1.165) is 23.8 Å². The van der Waals surface area contributed by atoms with Crippen molar-refractivity contribution in [2.75, 3.05) is 17.6 Å². The Morgan fingerprint density at radius 1 is 1.25 bits per heavy atom. The van der Waals surface area contributed by atoms with Gasteiger partial charge in [0.1, 0.15) is 0 Å². The Morgan fingerprint density at radius 3 is 2.69 bits per heavy atom. The van der Waals surface area contributed by atoms with Crippen LogP contribution in [0.25, 0.3) is 0 Å². The Hall–Kier alpha value is -0.450. The lowest BCUT2D eigenvalue weighted by Crippen LogP contribution is -2.17. The van der Waals surface area contributed by atoms with Crippen LogP contribution in [0.1, 0.15) is 32.1 Å². The van der Waals surface area contributed by atoms with Crippen molar-refractivity contribution in [2.24, 2.45) is 5.92 Å². The summed E-state index contributed by atoms with van der Waals surface area (Å²) in [5.41, 5.74) is 7.92. The smallest absolute Gasteiger partial charge is 0.0574 e. The lowest BCUT2D eigenvalue weighted by molar-refractivity contribution is 0.373. The van der Waals surface area contributed by atoms with Gasteiger partial charge in [-0.3, -0.25) is 0 Å². The van der Waals surface area contributed by atoms with Crippen LogP contribution in [0, 0.1) is 9.49 Å². The quantitative estimate of drug-likeness (QED) is 0.652. The van der Waals surface area contributed by atoms with Crippen molar-refractivity contribution in [3.63, 3.8) is 0 Å². The molecule has 1 aromatic carbocycles. The van der Waals surface area contributed by atoms with E-state index < -0.39 is 0 Å². The first-order valence-corrected chi connectivity index (χ1v) is 7.12. The van der Waals surface area contributed by atoms with Crippen LogP contribution in [0.4, 0.5) is 11.4 Å². The molecule has 16 heavy (non-hydrogen) atoms. The molecule has 2 rings (SSSR count). The van der Waals surface area contributed by atoms with Crippen molar-refractivity contribution in [3.05, 3.63) is 21.8 Å². The molecule has 0 amide bonds. The molecule has 0 heterocycles. The molecule has 0 unspecified atom stereocenters. The van der Waals surface area contributed by atoms with Crippen LogP contribution in [-0.4, -0.2) is 6.54 Å². The van der Waals surface area contributed by atoms with Crippen LogP contribution in [0.5, 0.6) is 0 Å². The van der Waals surface area contributed by atoms with Crippen molar-refractivity contribution in [1.29, 1.82) is 0 Å². The summed E-state index contributed by atoms with van der Waals surface area (Å²) in [6, 6.07) is 6.20. The normalized spacial score (nSPS) is 17.3. The van der Waals surface area contributed by atoms with Crippen LogP contribution in [0.2, 0.25) is 0 Å². The molecule has 1 aliphatic carbocycles. The van der Waals surface area contributed by atoms with Crippen molar-refractivity contribution in [3.8, 4) is 0 Å². The summed E-state index contributed by atoms with van der Waals surface area (Å²) in [7, 11) is 0. The van der Waals surface area contributed by atoms with Gasteiger partial charge in [-0.2, -0.15) is 0 Å². The standard InChI is InChI=1S/C13H19IN2/c14-11-6-7-13(12(15)8-11)16-9-10-4-2-1-3-5-10/h6-8,10,16H,1-5,9,15H2. The second-order valence-corrected chi connectivity index (χ2v) is 5.86.